The van der Waals surface area contributed by atoms with Gasteiger partial charge < -0.3 is 4.84 Å². The quantitative estimate of drug-likeness (QED) is 0.654. The third-order valence-electron chi connectivity index (χ3n) is 3.37. The lowest BCUT2D eigenvalue weighted by atomic mass is 10.1. The van der Waals surface area contributed by atoms with Gasteiger partial charge in [0.25, 0.3) is 11.8 Å². The molecule has 8 heteroatoms. The summed E-state index contributed by atoms with van der Waals surface area (Å²) in [7, 11) is 0. The Hall–Kier alpha value is -3.29. The van der Waals surface area contributed by atoms with Gasteiger partial charge in [0.15, 0.2) is 6.73 Å². The van der Waals surface area contributed by atoms with E-state index in [0.29, 0.717) is 22.3 Å². The first kappa shape index (κ1) is 12.5. The van der Waals surface area contributed by atoms with Gasteiger partial charge in [-0.25, -0.2) is 9.88 Å². The minimum Gasteiger partial charge on any atom is -0.371 e. The van der Waals surface area contributed by atoms with Gasteiger partial charge in [-0.05, 0) is 29.5 Å². The molecule has 0 fully saturated rings. The van der Waals surface area contributed by atoms with Crippen molar-refractivity contribution in [3.63, 3.8) is 0 Å². The summed E-state index contributed by atoms with van der Waals surface area (Å²) in [6.07, 6.45) is 1.58. The second-order valence-corrected chi connectivity index (χ2v) is 4.65. The molecular formula is C14H9N5O3. The predicted octanol–water partition coefficient (Wildman–Crippen LogP) is 0.509. The summed E-state index contributed by atoms with van der Waals surface area (Å²) in [5, 5.41) is 7.67. The van der Waals surface area contributed by atoms with Crippen molar-refractivity contribution < 1.29 is 14.4 Å². The first-order valence-corrected chi connectivity index (χ1v) is 6.50. The van der Waals surface area contributed by atoms with Crippen molar-refractivity contribution in [2.24, 2.45) is 0 Å². The molecule has 2 amide bonds. The number of hydrogen-bond acceptors (Lipinski definition) is 6. The molecule has 0 radical (unpaired) electrons. The van der Waals surface area contributed by atoms with Crippen LogP contribution in [0.25, 0.3) is 11.2 Å². The summed E-state index contributed by atoms with van der Waals surface area (Å²) in [6.45, 7) is -0.263. The molecule has 0 saturated carbocycles. The van der Waals surface area contributed by atoms with Crippen molar-refractivity contribution in [3.8, 4) is 0 Å². The van der Waals surface area contributed by atoms with Gasteiger partial charge in [0.1, 0.15) is 5.52 Å². The van der Waals surface area contributed by atoms with Crippen LogP contribution in [0.4, 0.5) is 0 Å². The maximum Gasteiger partial charge on any atom is 0.264 e. The first-order chi connectivity index (χ1) is 10.8. The molecule has 8 nitrogen and oxygen atoms in total. The number of amides is 2. The van der Waals surface area contributed by atoms with Crippen molar-refractivity contribution in [1.29, 1.82) is 0 Å². The van der Waals surface area contributed by atoms with Gasteiger partial charge in [-0.1, -0.05) is 17.0 Å². The van der Waals surface area contributed by atoms with E-state index in [4.69, 9.17) is 4.84 Å². The van der Waals surface area contributed by atoms with E-state index in [2.05, 4.69) is 15.3 Å². The Bertz CT molecular complexity index is 869. The molecule has 0 aliphatic carbocycles. The minimum atomic E-state index is -0.391. The van der Waals surface area contributed by atoms with Gasteiger partial charge in [0, 0.05) is 6.20 Å². The van der Waals surface area contributed by atoms with Gasteiger partial charge in [0.05, 0.1) is 11.1 Å². The molecule has 0 N–H and O–H groups in total. The van der Waals surface area contributed by atoms with Crippen LogP contribution < -0.4 is 4.84 Å². The molecule has 0 spiro atoms. The number of pyridine rings is 1. The fourth-order valence-corrected chi connectivity index (χ4v) is 2.30. The fraction of sp³-hybridized carbons (Fsp3) is 0.0714. The van der Waals surface area contributed by atoms with Crippen LogP contribution in [0, 0.1) is 0 Å². The maximum atomic E-state index is 12.2. The Balaban J connectivity index is 1.58. The number of carbonyl (C=O) groups excluding carboxylic acids is 2. The smallest absolute Gasteiger partial charge is 0.264 e. The number of benzene rings is 1. The minimum absolute atomic E-state index is 0.263. The molecule has 3 heterocycles. The van der Waals surface area contributed by atoms with Gasteiger partial charge in [-0.2, -0.15) is 0 Å². The predicted molar refractivity (Wildman–Crippen MR) is 73.7 cm³/mol. The summed E-state index contributed by atoms with van der Waals surface area (Å²) >= 11 is 0. The monoisotopic (exact) mass is 295 g/mol. The molecule has 1 aliphatic heterocycles. The van der Waals surface area contributed by atoms with Crippen LogP contribution in [0.3, 0.4) is 0 Å². The van der Waals surface area contributed by atoms with Crippen molar-refractivity contribution in [2.45, 2.75) is 0 Å². The Kier molecular flexibility index (Phi) is 2.62. The highest BCUT2D eigenvalue weighted by molar-refractivity contribution is 6.21. The van der Waals surface area contributed by atoms with E-state index in [1.54, 1.807) is 42.6 Å². The normalized spacial score (nSPS) is 13.7. The second-order valence-electron chi connectivity index (χ2n) is 4.65. The number of fused-ring (bicyclic) bond motifs is 2. The van der Waals surface area contributed by atoms with Crippen molar-refractivity contribution in [3.05, 3.63) is 53.7 Å². The molecule has 0 atom stereocenters. The lowest BCUT2D eigenvalue weighted by Crippen LogP contribution is -2.36. The topological polar surface area (TPSA) is 90.2 Å². The van der Waals surface area contributed by atoms with Crippen LogP contribution in [0.15, 0.2) is 42.6 Å². The first-order valence-electron chi connectivity index (χ1n) is 6.50. The van der Waals surface area contributed by atoms with Crippen molar-refractivity contribution >= 4 is 23.0 Å². The summed E-state index contributed by atoms with van der Waals surface area (Å²) in [6, 6.07) is 10.1. The number of nitrogens with zero attached hydrogens (tertiary/aromatic N) is 5. The van der Waals surface area contributed by atoms with E-state index in [1.807, 2.05) is 0 Å². The molecule has 22 heavy (non-hydrogen) atoms. The van der Waals surface area contributed by atoms with Crippen LogP contribution >= 0.6 is 0 Å². The summed E-state index contributed by atoms with van der Waals surface area (Å²) in [5.41, 5.74) is 1.72. The van der Waals surface area contributed by atoms with E-state index in [-0.39, 0.29) is 6.73 Å². The molecule has 3 aromatic rings. The van der Waals surface area contributed by atoms with Gasteiger partial charge in [0.2, 0.25) is 5.65 Å². The van der Waals surface area contributed by atoms with E-state index in [9.17, 15) is 9.59 Å². The molecule has 0 saturated heterocycles. The second kappa shape index (κ2) is 4.62. The standard InChI is InChI=1S/C14H9N5O3/c20-13-9-4-1-2-5-10(9)14(21)18(13)8-22-19-12-11(16-17-19)6-3-7-15-12/h1-7H,8H2. The highest BCUT2D eigenvalue weighted by Gasteiger charge is 2.35. The average molecular weight is 295 g/mol. The highest BCUT2D eigenvalue weighted by atomic mass is 16.7. The van der Waals surface area contributed by atoms with Crippen LogP contribution in [-0.2, 0) is 0 Å². The summed E-state index contributed by atoms with van der Waals surface area (Å²) < 4.78 is 0. The Morgan fingerprint density at radius 2 is 1.73 bits per heavy atom. The molecule has 0 unspecified atom stereocenters. The van der Waals surface area contributed by atoms with E-state index >= 15 is 0 Å². The van der Waals surface area contributed by atoms with Crippen LogP contribution in [-0.4, -0.2) is 43.6 Å². The number of rotatable bonds is 3. The molecule has 1 aromatic carbocycles. The largest absolute Gasteiger partial charge is 0.371 e. The Morgan fingerprint density at radius 1 is 1.00 bits per heavy atom. The molecule has 4 rings (SSSR count). The maximum absolute atomic E-state index is 12.2. The van der Waals surface area contributed by atoms with Gasteiger partial charge in [-0.3, -0.25) is 9.59 Å². The SMILES string of the molecule is O=C1c2ccccc2C(=O)N1COn1nnc2cccnc21. The third-order valence-corrected chi connectivity index (χ3v) is 3.37. The van der Waals surface area contributed by atoms with Crippen LogP contribution in [0.5, 0.6) is 0 Å². The number of imide groups is 1. The molecule has 1 aliphatic rings. The zero-order valence-electron chi connectivity index (χ0n) is 11.2. The van der Waals surface area contributed by atoms with E-state index in [0.717, 1.165) is 9.75 Å². The Labute approximate surface area is 123 Å². The number of aromatic nitrogens is 4. The lowest BCUT2D eigenvalue weighted by molar-refractivity contribution is 0.0107. The van der Waals surface area contributed by atoms with E-state index < -0.39 is 11.8 Å². The van der Waals surface area contributed by atoms with Crippen LogP contribution in [0.2, 0.25) is 0 Å². The molecule has 0 bridgehead atoms. The van der Waals surface area contributed by atoms with Gasteiger partial charge in [-0.15, -0.1) is 5.10 Å². The van der Waals surface area contributed by atoms with Crippen molar-refractivity contribution in [1.82, 2.24) is 25.0 Å². The number of hydrogen-bond donors (Lipinski definition) is 0. The number of carbonyl (C=O) groups is 2. The highest BCUT2D eigenvalue weighted by Crippen LogP contribution is 2.21. The zero-order valence-corrected chi connectivity index (χ0v) is 11.2. The molecule has 2 aromatic heterocycles. The van der Waals surface area contributed by atoms with E-state index in [1.165, 1.54) is 0 Å². The average Bonchev–Trinajstić information content (AvgIpc) is 3.07. The Morgan fingerprint density at radius 3 is 2.45 bits per heavy atom. The van der Waals surface area contributed by atoms with Gasteiger partial charge >= 0.3 is 0 Å². The third kappa shape index (κ3) is 1.74. The zero-order chi connectivity index (χ0) is 15.1. The summed E-state index contributed by atoms with van der Waals surface area (Å²) in [5.74, 6) is -0.782. The van der Waals surface area contributed by atoms with Crippen LogP contribution in [0.1, 0.15) is 20.7 Å². The molecule has 108 valence electrons. The van der Waals surface area contributed by atoms with Crippen molar-refractivity contribution in [2.75, 3.05) is 6.73 Å². The lowest BCUT2D eigenvalue weighted by Gasteiger charge is -2.13. The molecular weight excluding hydrogens is 286 g/mol. The fourth-order valence-electron chi connectivity index (χ4n) is 2.30. The summed E-state index contributed by atoms with van der Waals surface area (Å²) in [4.78, 5) is 36.0.